The van der Waals surface area contributed by atoms with Crippen molar-refractivity contribution in [1.82, 2.24) is 9.97 Å². The third kappa shape index (κ3) is 3.33. The monoisotopic (exact) mass is 311 g/mol. The van der Waals surface area contributed by atoms with Crippen LogP contribution in [0.5, 0.6) is 0 Å². The SMILES string of the molecule is CSC(C)CNc1ncc2cc(Br)ccc2n1. The number of nitrogens with zero attached hydrogens (tertiary/aromatic N) is 2. The highest BCUT2D eigenvalue weighted by Crippen LogP contribution is 2.18. The van der Waals surface area contributed by atoms with Crippen LogP contribution in [0.3, 0.4) is 0 Å². The maximum Gasteiger partial charge on any atom is 0.223 e. The number of anilines is 1. The summed E-state index contributed by atoms with van der Waals surface area (Å²) in [5, 5.41) is 4.85. The maximum atomic E-state index is 4.47. The standard InChI is InChI=1S/C12H14BrN3S/c1-8(17-2)6-14-12-15-7-9-5-10(13)3-4-11(9)16-12/h3-5,7-8H,6H2,1-2H3,(H,14,15,16). The summed E-state index contributed by atoms with van der Waals surface area (Å²) in [4.78, 5) is 8.77. The number of thioether (sulfide) groups is 1. The predicted molar refractivity (Wildman–Crippen MR) is 78.7 cm³/mol. The van der Waals surface area contributed by atoms with Crippen molar-refractivity contribution in [3.8, 4) is 0 Å². The lowest BCUT2D eigenvalue weighted by atomic mass is 10.2. The van der Waals surface area contributed by atoms with E-state index < -0.39 is 0 Å². The zero-order valence-electron chi connectivity index (χ0n) is 9.77. The van der Waals surface area contributed by atoms with Gasteiger partial charge in [0.2, 0.25) is 5.95 Å². The van der Waals surface area contributed by atoms with E-state index in [0.29, 0.717) is 11.2 Å². The lowest BCUT2D eigenvalue weighted by Gasteiger charge is -2.09. The Kier molecular flexibility index (Phi) is 4.23. The molecule has 17 heavy (non-hydrogen) atoms. The van der Waals surface area contributed by atoms with Gasteiger partial charge in [-0.05, 0) is 24.5 Å². The van der Waals surface area contributed by atoms with Crippen molar-refractivity contribution in [1.29, 1.82) is 0 Å². The molecule has 1 N–H and O–H groups in total. The molecule has 5 heteroatoms. The number of fused-ring (bicyclic) bond motifs is 1. The van der Waals surface area contributed by atoms with E-state index in [-0.39, 0.29) is 0 Å². The molecule has 2 rings (SSSR count). The molecule has 90 valence electrons. The first kappa shape index (κ1) is 12.6. The van der Waals surface area contributed by atoms with Gasteiger partial charge in [-0.1, -0.05) is 22.9 Å². The highest BCUT2D eigenvalue weighted by molar-refractivity contribution is 9.10. The van der Waals surface area contributed by atoms with Gasteiger partial charge in [0.15, 0.2) is 0 Å². The highest BCUT2D eigenvalue weighted by Gasteiger charge is 2.02. The fourth-order valence-electron chi connectivity index (χ4n) is 1.41. The third-order valence-corrected chi connectivity index (χ3v) is 3.96. The molecule has 1 unspecified atom stereocenters. The molecule has 0 aliphatic heterocycles. The molecule has 1 aromatic heterocycles. The summed E-state index contributed by atoms with van der Waals surface area (Å²) >= 11 is 5.26. The Bertz CT molecular complexity index is 518. The quantitative estimate of drug-likeness (QED) is 0.937. The minimum absolute atomic E-state index is 0.555. The molecule has 1 atom stereocenters. The number of hydrogen-bond acceptors (Lipinski definition) is 4. The van der Waals surface area contributed by atoms with Crippen molar-refractivity contribution in [2.75, 3.05) is 18.1 Å². The van der Waals surface area contributed by atoms with E-state index in [0.717, 1.165) is 21.9 Å². The average Bonchev–Trinajstić information content (AvgIpc) is 2.35. The second-order valence-electron chi connectivity index (χ2n) is 3.82. The van der Waals surface area contributed by atoms with Crippen LogP contribution in [0.2, 0.25) is 0 Å². The Morgan fingerprint density at radius 1 is 1.47 bits per heavy atom. The summed E-state index contributed by atoms with van der Waals surface area (Å²) in [6.45, 7) is 3.05. The van der Waals surface area contributed by atoms with Crippen molar-refractivity contribution >= 4 is 44.5 Å². The largest absolute Gasteiger partial charge is 0.353 e. The van der Waals surface area contributed by atoms with Gasteiger partial charge in [0, 0.05) is 27.9 Å². The van der Waals surface area contributed by atoms with Crippen LogP contribution in [-0.4, -0.2) is 28.0 Å². The molecule has 0 radical (unpaired) electrons. The number of aromatic nitrogens is 2. The van der Waals surface area contributed by atoms with E-state index >= 15 is 0 Å². The average molecular weight is 312 g/mol. The zero-order chi connectivity index (χ0) is 12.3. The van der Waals surface area contributed by atoms with Gasteiger partial charge < -0.3 is 5.32 Å². The number of hydrogen-bond donors (Lipinski definition) is 1. The van der Waals surface area contributed by atoms with Gasteiger partial charge in [-0.2, -0.15) is 11.8 Å². The highest BCUT2D eigenvalue weighted by atomic mass is 79.9. The fraction of sp³-hybridized carbons (Fsp3) is 0.333. The van der Waals surface area contributed by atoms with Crippen LogP contribution in [0.1, 0.15) is 6.92 Å². The molecule has 0 saturated heterocycles. The molecule has 3 nitrogen and oxygen atoms in total. The van der Waals surface area contributed by atoms with Crippen molar-refractivity contribution in [3.63, 3.8) is 0 Å². The van der Waals surface area contributed by atoms with E-state index in [1.165, 1.54) is 0 Å². The molecule has 2 aromatic rings. The summed E-state index contributed by atoms with van der Waals surface area (Å²) < 4.78 is 1.05. The van der Waals surface area contributed by atoms with Crippen LogP contribution in [0, 0.1) is 0 Å². The lowest BCUT2D eigenvalue weighted by molar-refractivity contribution is 0.977. The molecule has 0 amide bonds. The van der Waals surface area contributed by atoms with Gasteiger partial charge in [-0.15, -0.1) is 0 Å². The van der Waals surface area contributed by atoms with E-state index in [1.807, 2.05) is 36.2 Å². The molecule has 0 aliphatic carbocycles. The summed E-state index contributed by atoms with van der Waals surface area (Å²) in [6.07, 6.45) is 3.95. The van der Waals surface area contributed by atoms with Crippen LogP contribution in [0.4, 0.5) is 5.95 Å². The number of halogens is 1. The van der Waals surface area contributed by atoms with Gasteiger partial charge in [-0.25, -0.2) is 9.97 Å². The van der Waals surface area contributed by atoms with Gasteiger partial charge in [0.25, 0.3) is 0 Å². The van der Waals surface area contributed by atoms with Gasteiger partial charge in [0.05, 0.1) is 5.52 Å². The van der Waals surface area contributed by atoms with Crippen LogP contribution in [-0.2, 0) is 0 Å². The molecule has 0 saturated carbocycles. The van der Waals surface area contributed by atoms with Crippen LogP contribution in [0.15, 0.2) is 28.9 Å². The summed E-state index contributed by atoms with van der Waals surface area (Å²) in [5.41, 5.74) is 0.961. The van der Waals surface area contributed by atoms with E-state index in [4.69, 9.17) is 0 Å². The van der Waals surface area contributed by atoms with Crippen LogP contribution < -0.4 is 5.32 Å². The molecule has 0 bridgehead atoms. The van der Waals surface area contributed by atoms with Gasteiger partial charge in [-0.3, -0.25) is 0 Å². The Balaban J connectivity index is 2.17. The van der Waals surface area contributed by atoms with Crippen LogP contribution >= 0.6 is 27.7 Å². The lowest BCUT2D eigenvalue weighted by Crippen LogP contribution is -2.14. The second-order valence-corrected chi connectivity index (χ2v) is 6.02. The molecule has 0 spiro atoms. The van der Waals surface area contributed by atoms with Crippen LogP contribution in [0.25, 0.3) is 10.9 Å². The first-order valence-electron chi connectivity index (χ1n) is 5.38. The first-order valence-corrected chi connectivity index (χ1v) is 7.46. The normalized spacial score (nSPS) is 12.6. The van der Waals surface area contributed by atoms with Gasteiger partial charge in [0.1, 0.15) is 0 Å². The van der Waals surface area contributed by atoms with E-state index in [2.05, 4.69) is 44.4 Å². The first-order chi connectivity index (χ1) is 8.19. The summed E-state index contributed by atoms with van der Waals surface area (Å²) in [5.74, 6) is 0.695. The minimum Gasteiger partial charge on any atom is -0.353 e. The van der Waals surface area contributed by atoms with E-state index in [1.54, 1.807) is 0 Å². The van der Waals surface area contributed by atoms with Crippen molar-refractivity contribution in [3.05, 3.63) is 28.9 Å². The van der Waals surface area contributed by atoms with Crippen molar-refractivity contribution in [2.24, 2.45) is 0 Å². The number of rotatable bonds is 4. The smallest absolute Gasteiger partial charge is 0.223 e. The van der Waals surface area contributed by atoms with E-state index in [9.17, 15) is 0 Å². The molecule has 1 aromatic carbocycles. The molecular formula is C12H14BrN3S. The Morgan fingerprint density at radius 3 is 3.06 bits per heavy atom. The Labute approximate surface area is 114 Å². The predicted octanol–water partition coefficient (Wildman–Crippen LogP) is 3.56. The zero-order valence-corrected chi connectivity index (χ0v) is 12.2. The topological polar surface area (TPSA) is 37.8 Å². The summed E-state index contributed by atoms with van der Waals surface area (Å²) in [6, 6.07) is 6.00. The third-order valence-electron chi connectivity index (χ3n) is 2.49. The van der Waals surface area contributed by atoms with Crippen molar-refractivity contribution in [2.45, 2.75) is 12.2 Å². The molecular weight excluding hydrogens is 298 g/mol. The van der Waals surface area contributed by atoms with Gasteiger partial charge >= 0.3 is 0 Å². The van der Waals surface area contributed by atoms with Crippen molar-refractivity contribution < 1.29 is 0 Å². The fourth-order valence-corrected chi connectivity index (χ4v) is 2.04. The number of nitrogens with one attached hydrogen (secondary N) is 1. The Hall–Kier alpha value is -0.810. The molecule has 0 fully saturated rings. The number of benzene rings is 1. The maximum absolute atomic E-state index is 4.47. The minimum atomic E-state index is 0.555. The molecule has 0 aliphatic rings. The molecule has 1 heterocycles. The second kappa shape index (κ2) is 5.69. The Morgan fingerprint density at radius 2 is 2.29 bits per heavy atom. The summed E-state index contributed by atoms with van der Waals surface area (Å²) in [7, 11) is 0.